The summed E-state index contributed by atoms with van der Waals surface area (Å²) in [7, 11) is 0. The van der Waals surface area contributed by atoms with Crippen molar-refractivity contribution in [2.75, 3.05) is 18.1 Å². The van der Waals surface area contributed by atoms with Gasteiger partial charge in [-0.15, -0.1) is 0 Å². The maximum Gasteiger partial charge on any atom is 0.187 e. The molecule has 0 fully saturated rings. The SMILES string of the molecule is CCCC(C)COc1c(N)cc(N)c(Cl)c1F. The normalized spacial score (nSPS) is 12.5. The van der Waals surface area contributed by atoms with Gasteiger partial charge in [-0.3, -0.25) is 0 Å². The van der Waals surface area contributed by atoms with Crippen molar-refractivity contribution in [2.24, 2.45) is 5.92 Å². The van der Waals surface area contributed by atoms with Gasteiger partial charge in [-0.1, -0.05) is 31.9 Å². The fraction of sp³-hybridized carbons (Fsp3) is 0.500. The Morgan fingerprint density at radius 3 is 2.65 bits per heavy atom. The van der Waals surface area contributed by atoms with E-state index in [1.54, 1.807) is 0 Å². The molecule has 0 radical (unpaired) electrons. The molecule has 1 unspecified atom stereocenters. The molecule has 0 aromatic heterocycles. The maximum absolute atomic E-state index is 13.7. The van der Waals surface area contributed by atoms with Crippen molar-refractivity contribution in [3.63, 3.8) is 0 Å². The van der Waals surface area contributed by atoms with Crippen LogP contribution in [0.25, 0.3) is 0 Å². The summed E-state index contributed by atoms with van der Waals surface area (Å²) in [5.41, 5.74) is 11.4. The summed E-state index contributed by atoms with van der Waals surface area (Å²) in [5, 5.41) is -0.141. The van der Waals surface area contributed by atoms with E-state index in [0.717, 1.165) is 12.8 Å². The average molecular weight is 261 g/mol. The minimum atomic E-state index is -0.687. The van der Waals surface area contributed by atoms with E-state index in [4.69, 9.17) is 27.8 Å². The van der Waals surface area contributed by atoms with Gasteiger partial charge >= 0.3 is 0 Å². The van der Waals surface area contributed by atoms with Crippen LogP contribution in [0.3, 0.4) is 0 Å². The molecule has 1 aromatic carbocycles. The van der Waals surface area contributed by atoms with Gasteiger partial charge in [0.1, 0.15) is 5.02 Å². The molecule has 0 heterocycles. The molecule has 0 bridgehead atoms. The third-order valence-corrected chi connectivity index (χ3v) is 2.90. The van der Waals surface area contributed by atoms with E-state index in [2.05, 4.69) is 6.92 Å². The molecule has 0 saturated heterocycles. The molecule has 0 amide bonds. The molecule has 1 aromatic rings. The number of hydrogen-bond acceptors (Lipinski definition) is 3. The molecule has 96 valence electrons. The number of nitrogen functional groups attached to an aromatic ring is 2. The number of hydrogen-bond donors (Lipinski definition) is 2. The highest BCUT2D eigenvalue weighted by molar-refractivity contribution is 6.33. The number of benzene rings is 1. The summed E-state index contributed by atoms with van der Waals surface area (Å²) in [6.45, 7) is 4.54. The molecule has 17 heavy (non-hydrogen) atoms. The molecule has 1 rings (SSSR count). The highest BCUT2D eigenvalue weighted by Crippen LogP contribution is 2.35. The van der Waals surface area contributed by atoms with Crippen molar-refractivity contribution in [1.29, 1.82) is 0 Å². The van der Waals surface area contributed by atoms with Gasteiger partial charge in [-0.25, -0.2) is 4.39 Å². The second kappa shape index (κ2) is 5.96. The van der Waals surface area contributed by atoms with Gasteiger partial charge in [0.25, 0.3) is 0 Å². The van der Waals surface area contributed by atoms with Crippen LogP contribution in [-0.2, 0) is 0 Å². The van der Waals surface area contributed by atoms with Gasteiger partial charge in [0.2, 0.25) is 0 Å². The monoisotopic (exact) mass is 260 g/mol. The molecule has 0 aliphatic rings. The molecular weight excluding hydrogens is 243 g/mol. The first-order valence-corrected chi connectivity index (χ1v) is 6.00. The molecule has 3 nitrogen and oxygen atoms in total. The van der Waals surface area contributed by atoms with Crippen molar-refractivity contribution in [1.82, 2.24) is 0 Å². The molecule has 0 spiro atoms. The standard InChI is InChI=1S/C12H18ClFN2O/c1-3-4-7(2)6-17-12-9(16)5-8(15)10(13)11(12)14/h5,7H,3-4,6,15-16H2,1-2H3. The van der Waals surface area contributed by atoms with E-state index < -0.39 is 5.82 Å². The minimum Gasteiger partial charge on any atom is -0.488 e. The third-order valence-electron chi connectivity index (χ3n) is 2.51. The van der Waals surface area contributed by atoms with E-state index in [-0.39, 0.29) is 22.1 Å². The highest BCUT2D eigenvalue weighted by Gasteiger charge is 2.16. The topological polar surface area (TPSA) is 61.3 Å². The molecule has 1 atom stereocenters. The zero-order valence-corrected chi connectivity index (χ0v) is 10.9. The molecule has 4 N–H and O–H groups in total. The van der Waals surface area contributed by atoms with Crippen molar-refractivity contribution < 1.29 is 9.13 Å². The molecule has 0 aliphatic carbocycles. The molecule has 0 aliphatic heterocycles. The van der Waals surface area contributed by atoms with Crippen LogP contribution in [0.4, 0.5) is 15.8 Å². The number of halogens is 2. The Labute approximate surface area is 106 Å². The summed E-state index contributed by atoms with van der Waals surface area (Å²) in [5.74, 6) is -0.352. The van der Waals surface area contributed by atoms with Crippen LogP contribution < -0.4 is 16.2 Å². The van der Waals surface area contributed by atoms with Gasteiger partial charge in [0, 0.05) is 0 Å². The van der Waals surface area contributed by atoms with Crippen molar-refractivity contribution in [2.45, 2.75) is 26.7 Å². The lowest BCUT2D eigenvalue weighted by Gasteiger charge is -2.15. The van der Waals surface area contributed by atoms with E-state index in [1.807, 2.05) is 6.92 Å². The van der Waals surface area contributed by atoms with Gasteiger partial charge in [0.15, 0.2) is 11.6 Å². The number of nitrogens with two attached hydrogens (primary N) is 2. The van der Waals surface area contributed by atoms with E-state index in [0.29, 0.717) is 12.5 Å². The Morgan fingerprint density at radius 1 is 1.41 bits per heavy atom. The number of anilines is 2. The van der Waals surface area contributed by atoms with Crippen LogP contribution >= 0.6 is 11.6 Å². The van der Waals surface area contributed by atoms with Crippen molar-refractivity contribution in [3.05, 3.63) is 16.9 Å². The fourth-order valence-electron chi connectivity index (χ4n) is 1.60. The van der Waals surface area contributed by atoms with Gasteiger partial charge in [-0.05, 0) is 18.4 Å². The largest absolute Gasteiger partial charge is 0.488 e. The second-order valence-electron chi connectivity index (χ2n) is 4.22. The highest BCUT2D eigenvalue weighted by atomic mass is 35.5. The average Bonchev–Trinajstić information content (AvgIpc) is 2.26. The summed E-state index contributed by atoms with van der Waals surface area (Å²) < 4.78 is 19.1. The zero-order chi connectivity index (χ0) is 13.0. The maximum atomic E-state index is 13.7. The van der Waals surface area contributed by atoms with Crippen molar-refractivity contribution in [3.8, 4) is 5.75 Å². The van der Waals surface area contributed by atoms with Crippen LogP contribution in [0, 0.1) is 11.7 Å². The lowest BCUT2D eigenvalue weighted by atomic mass is 10.1. The lowest BCUT2D eigenvalue weighted by molar-refractivity contribution is 0.243. The van der Waals surface area contributed by atoms with E-state index in [9.17, 15) is 4.39 Å². The minimum absolute atomic E-state index is 0.00727. The Kier molecular flexibility index (Phi) is 4.87. The summed E-state index contributed by atoms with van der Waals surface area (Å²) in [4.78, 5) is 0. The summed E-state index contributed by atoms with van der Waals surface area (Å²) in [6.07, 6.45) is 2.08. The molecular formula is C12H18ClFN2O. The van der Waals surface area contributed by atoms with Gasteiger partial charge in [0.05, 0.1) is 18.0 Å². The first-order valence-electron chi connectivity index (χ1n) is 5.63. The summed E-state index contributed by atoms with van der Waals surface area (Å²) in [6, 6.07) is 1.41. The quantitative estimate of drug-likeness (QED) is 0.797. The van der Waals surface area contributed by atoms with E-state index in [1.165, 1.54) is 6.07 Å². The predicted octanol–water partition coefficient (Wildman–Crippen LogP) is 3.46. The number of ether oxygens (including phenoxy) is 1. The first kappa shape index (κ1) is 13.9. The van der Waals surface area contributed by atoms with Gasteiger partial charge in [-0.2, -0.15) is 0 Å². The Morgan fingerprint density at radius 2 is 2.06 bits per heavy atom. The molecule has 0 saturated carbocycles. The first-order chi connectivity index (χ1) is 7.97. The Bertz CT molecular complexity index is 399. The second-order valence-corrected chi connectivity index (χ2v) is 4.59. The fourth-order valence-corrected chi connectivity index (χ4v) is 1.74. The Balaban J connectivity index is 2.81. The van der Waals surface area contributed by atoms with Crippen LogP contribution in [0.2, 0.25) is 5.02 Å². The summed E-state index contributed by atoms with van der Waals surface area (Å²) >= 11 is 5.70. The lowest BCUT2D eigenvalue weighted by Crippen LogP contribution is -2.11. The number of rotatable bonds is 5. The Hall–Kier alpha value is -1.16. The van der Waals surface area contributed by atoms with Crippen LogP contribution in [0.5, 0.6) is 5.75 Å². The third kappa shape index (κ3) is 3.40. The van der Waals surface area contributed by atoms with Crippen LogP contribution in [0.15, 0.2) is 6.07 Å². The van der Waals surface area contributed by atoms with Crippen LogP contribution in [-0.4, -0.2) is 6.61 Å². The van der Waals surface area contributed by atoms with Crippen LogP contribution in [0.1, 0.15) is 26.7 Å². The predicted molar refractivity (Wildman–Crippen MR) is 69.8 cm³/mol. The zero-order valence-electron chi connectivity index (χ0n) is 10.1. The van der Waals surface area contributed by atoms with Crippen molar-refractivity contribution >= 4 is 23.0 Å². The van der Waals surface area contributed by atoms with E-state index >= 15 is 0 Å². The molecule has 5 heteroatoms. The smallest absolute Gasteiger partial charge is 0.187 e. The van der Waals surface area contributed by atoms with Gasteiger partial charge < -0.3 is 16.2 Å².